The highest BCUT2D eigenvalue weighted by atomic mass is 16.5. The molecule has 13 heavy (non-hydrogen) atoms. The summed E-state index contributed by atoms with van der Waals surface area (Å²) in [6.07, 6.45) is 1.66. The molecule has 3 heteroatoms. The van der Waals surface area contributed by atoms with Crippen LogP contribution < -0.4 is 9.47 Å². The lowest BCUT2D eigenvalue weighted by atomic mass is 10.3. The highest BCUT2D eigenvalue weighted by Crippen LogP contribution is 2.25. The Kier molecular flexibility index (Phi) is 3.82. The minimum atomic E-state index is -0.0654. The van der Waals surface area contributed by atoms with E-state index in [0.717, 1.165) is 0 Å². The highest BCUT2D eigenvalue weighted by molar-refractivity contribution is 5.53. The van der Waals surface area contributed by atoms with Crippen molar-refractivity contribution in [3.63, 3.8) is 0 Å². The molecule has 0 fully saturated rings. The molecule has 0 heterocycles. The van der Waals surface area contributed by atoms with Gasteiger partial charge in [-0.05, 0) is 19.1 Å². The fraction of sp³-hybridized carbons (Fsp3) is 0.300. The van der Waals surface area contributed by atoms with Gasteiger partial charge in [-0.3, -0.25) is 4.79 Å². The average Bonchev–Trinajstić information content (AvgIpc) is 2.17. The van der Waals surface area contributed by atoms with E-state index < -0.39 is 0 Å². The van der Waals surface area contributed by atoms with Crippen molar-refractivity contribution < 1.29 is 14.3 Å². The zero-order valence-electron chi connectivity index (χ0n) is 7.45. The van der Waals surface area contributed by atoms with Crippen LogP contribution in [-0.4, -0.2) is 19.5 Å². The third kappa shape index (κ3) is 2.78. The van der Waals surface area contributed by atoms with Gasteiger partial charge in [-0.15, -0.1) is 0 Å². The van der Waals surface area contributed by atoms with Crippen LogP contribution in [-0.2, 0) is 4.79 Å². The molecule has 1 radical (unpaired) electrons. The Balaban J connectivity index is 2.71. The summed E-state index contributed by atoms with van der Waals surface area (Å²) in [4.78, 5) is 9.96. The van der Waals surface area contributed by atoms with Crippen molar-refractivity contribution >= 4 is 6.29 Å². The summed E-state index contributed by atoms with van der Waals surface area (Å²) >= 11 is 0. The van der Waals surface area contributed by atoms with Gasteiger partial charge in [0.2, 0.25) is 6.29 Å². The Bertz CT molecular complexity index is 271. The minimum absolute atomic E-state index is 0.0654. The summed E-state index contributed by atoms with van der Waals surface area (Å²) in [6.45, 7) is 2.40. The molecule has 0 spiro atoms. The largest absolute Gasteiger partial charge is 0.490 e. The lowest BCUT2D eigenvalue weighted by Gasteiger charge is -2.08. The van der Waals surface area contributed by atoms with Crippen LogP contribution in [0.1, 0.15) is 6.92 Å². The van der Waals surface area contributed by atoms with Gasteiger partial charge in [0.15, 0.2) is 18.1 Å². The lowest BCUT2D eigenvalue weighted by molar-refractivity contribution is 0.299. The molecule has 0 bridgehead atoms. The number of hydrogen-bond donors (Lipinski definition) is 0. The Morgan fingerprint density at radius 3 is 2.38 bits per heavy atom. The van der Waals surface area contributed by atoms with Gasteiger partial charge in [0.25, 0.3) is 0 Å². The predicted octanol–water partition coefficient (Wildman–Crippen LogP) is 1.57. The smallest absolute Gasteiger partial charge is 0.239 e. The molecule has 1 aromatic rings. The first-order valence-corrected chi connectivity index (χ1v) is 4.08. The van der Waals surface area contributed by atoms with Gasteiger partial charge in [0, 0.05) is 0 Å². The van der Waals surface area contributed by atoms with Crippen molar-refractivity contribution in [2.45, 2.75) is 6.92 Å². The molecule has 0 saturated carbocycles. The van der Waals surface area contributed by atoms with Gasteiger partial charge >= 0.3 is 0 Å². The summed E-state index contributed by atoms with van der Waals surface area (Å²) in [7, 11) is 0. The molecule has 0 N–H and O–H groups in total. The van der Waals surface area contributed by atoms with Gasteiger partial charge < -0.3 is 9.47 Å². The molecule has 0 amide bonds. The fourth-order valence-corrected chi connectivity index (χ4v) is 0.951. The number of ether oxygens (including phenoxy) is 2. The normalized spacial score (nSPS) is 9.31. The monoisotopic (exact) mass is 179 g/mol. The maximum absolute atomic E-state index is 9.96. The Hall–Kier alpha value is -1.51. The Morgan fingerprint density at radius 1 is 1.23 bits per heavy atom. The molecule has 0 aliphatic carbocycles. The van der Waals surface area contributed by atoms with Crippen LogP contribution in [0.25, 0.3) is 0 Å². The van der Waals surface area contributed by atoms with E-state index in [1.165, 1.54) is 0 Å². The van der Waals surface area contributed by atoms with Gasteiger partial charge in [0.1, 0.15) is 0 Å². The quantitative estimate of drug-likeness (QED) is 0.688. The van der Waals surface area contributed by atoms with E-state index in [-0.39, 0.29) is 6.61 Å². The molecular formula is C10H11O3. The molecule has 69 valence electrons. The zero-order valence-corrected chi connectivity index (χ0v) is 7.45. The zero-order chi connectivity index (χ0) is 9.52. The number of hydrogen-bond acceptors (Lipinski definition) is 3. The summed E-state index contributed by atoms with van der Waals surface area (Å²) in [6, 6.07) is 7.22. The van der Waals surface area contributed by atoms with E-state index in [2.05, 4.69) is 0 Å². The van der Waals surface area contributed by atoms with Crippen LogP contribution in [0.2, 0.25) is 0 Å². The van der Waals surface area contributed by atoms with Crippen LogP contribution in [0.5, 0.6) is 11.5 Å². The Morgan fingerprint density at radius 2 is 1.85 bits per heavy atom. The number of rotatable bonds is 5. The van der Waals surface area contributed by atoms with Crippen molar-refractivity contribution in [3.05, 3.63) is 24.3 Å². The third-order valence-electron chi connectivity index (χ3n) is 1.44. The first-order valence-electron chi connectivity index (χ1n) is 4.08. The molecule has 0 saturated heterocycles. The first-order chi connectivity index (χ1) is 6.38. The van der Waals surface area contributed by atoms with Crippen LogP contribution >= 0.6 is 0 Å². The summed E-state index contributed by atoms with van der Waals surface area (Å²) < 4.78 is 10.4. The molecular weight excluding hydrogens is 168 g/mol. The van der Waals surface area contributed by atoms with Crippen LogP contribution in [0.4, 0.5) is 0 Å². The standard InChI is InChI=1S/C10H11O3/c1-2-12-9-5-3-4-6-10(9)13-8-7-11/h3-6H,2,8H2,1H3. The van der Waals surface area contributed by atoms with Crippen molar-refractivity contribution in [1.29, 1.82) is 0 Å². The van der Waals surface area contributed by atoms with E-state index in [0.29, 0.717) is 18.1 Å². The van der Waals surface area contributed by atoms with Crippen molar-refractivity contribution in [1.82, 2.24) is 0 Å². The topological polar surface area (TPSA) is 35.5 Å². The molecule has 0 aliphatic heterocycles. The number of benzene rings is 1. The minimum Gasteiger partial charge on any atom is -0.490 e. The van der Waals surface area contributed by atoms with Crippen molar-refractivity contribution in [3.8, 4) is 11.5 Å². The van der Waals surface area contributed by atoms with E-state index in [9.17, 15) is 4.79 Å². The van der Waals surface area contributed by atoms with Crippen molar-refractivity contribution in [2.24, 2.45) is 0 Å². The summed E-state index contributed by atoms with van der Waals surface area (Å²) in [5.41, 5.74) is 0. The van der Waals surface area contributed by atoms with Gasteiger partial charge in [0.05, 0.1) is 6.61 Å². The second-order valence-electron chi connectivity index (χ2n) is 2.31. The maximum Gasteiger partial charge on any atom is 0.239 e. The Labute approximate surface area is 77.3 Å². The van der Waals surface area contributed by atoms with Crippen LogP contribution in [0.15, 0.2) is 24.3 Å². The maximum atomic E-state index is 9.96. The van der Waals surface area contributed by atoms with E-state index >= 15 is 0 Å². The van der Waals surface area contributed by atoms with Gasteiger partial charge in [-0.25, -0.2) is 0 Å². The van der Waals surface area contributed by atoms with E-state index in [4.69, 9.17) is 9.47 Å². The van der Waals surface area contributed by atoms with Crippen molar-refractivity contribution in [2.75, 3.05) is 13.2 Å². The molecule has 1 rings (SSSR count). The molecule has 0 aromatic heterocycles. The molecule has 3 nitrogen and oxygen atoms in total. The number of carbonyl (C=O) groups excluding carboxylic acids is 1. The van der Waals surface area contributed by atoms with Gasteiger partial charge in [-0.2, -0.15) is 0 Å². The summed E-state index contributed by atoms with van der Waals surface area (Å²) in [5.74, 6) is 1.23. The third-order valence-corrected chi connectivity index (χ3v) is 1.44. The second-order valence-corrected chi connectivity index (χ2v) is 2.31. The molecule has 0 unspecified atom stereocenters. The van der Waals surface area contributed by atoms with E-state index in [1.54, 1.807) is 18.4 Å². The number of para-hydroxylation sites is 2. The highest BCUT2D eigenvalue weighted by Gasteiger charge is 2.01. The lowest BCUT2D eigenvalue weighted by Crippen LogP contribution is -2.00. The molecule has 0 atom stereocenters. The first kappa shape index (κ1) is 9.58. The predicted molar refractivity (Wildman–Crippen MR) is 48.8 cm³/mol. The molecule has 1 aromatic carbocycles. The molecule has 0 aliphatic rings. The summed E-state index contributed by atoms with van der Waals surface area (Å²) in [5, 5.41) is 0. The second kappa shape index (κ2) is 5.19. The average molecular weight is 179 g/mol. The van der Waals surface area contributed by atoms with E-state index in [1.807, 2.05) is 19.1 Å². The fourth-order valence-electron chi connectivity index (χ4n) is 0.951. The van der Waals surface area contributed by atoms with Crippen LogP contribution in [0, 0.1) is 0 Å². The SMILES string of the molecule is CCOc1ccccc1OC[C]=O. The van der Waals surface area contributed by atoms with Crippen LogP contribution in [0.3, 0.4) is 0 Å². The van der Waals surface area contributed by atoms with Gasteiger partial charge in [-0.1, -0.05) is 12.1 Å².